The summed E-state index contributed by atoms with van der Waals surface area (Å²) in [5.41, 5.74) is 3.14. The van der Waals surface area contributed by atoms with Crippen LogP contribution in [0.15, 0.2) is 18.2 Å². The topological polar surface area (TPSA) is 51.2 Å². The number of carbonyl (C=O) groups excluding carboxylic acids is 3. The second-order valence-corrected chi connectivity index (χ2v) is 11.2. The number of carbonyl (C=O) groups is 3. The fourth-order valence-corrected chi connectivity index (χ4v) is 6.11. The zero-order chi connectivity index (χ0) is 27.1. The molecule has 204 valence electrons. The van der Waals surface area contributed by atoms with Gasteiger partial charge in [0.2, 0.25) is 0 Å². The molecule has 0 spiro atoms. The SMILES string of the molecule is CCC.CCC1CCCC1.CCCC(CC1CC(=O)c2c(C)cccc2C1)C(CC)C(=O)CC(C)=O. The van der Waals surface area contributed by atoms with Gasteiger partial charge in [0.05, 0.1) is 6.42 Å². The lowest BCUT2D eigenvalue weighted by atomic mass is 9.72. The molecule has 2 aliphatic carbocycles. The number of aryl methyl sites for hydroxylation is 1. The molecule has 0 heterocycles. The van der Waals surface area contributed by atoms with Crippen LogP contribution in [0.4, 0.5) is 0 Å². The molecule has 3 nitrogen and oxygen atoms in total. The monoisotopic (exact) mass is 498 g/mol. The summed E-state index contributed by atoms with van der Waals surface area (Å²) in [6, 6.07) is 6.10. The summed E-state index contributed by atoms with van der Waals surface area (Å²) in [5.74, 6) is 1.87. The molecule has 36 heavy (non-hydrogen) atoms. The van der Waals surface area contributed by atoms with Crippen LogP contribution in [-0.2, 0) is 16.0 Å². The summed E-state index contributed by atoms with van der Waals surface area (Å²) in [5, 5.41) is 0. The average Bonchev–Trinajstić information content (AvgIpc) is 3.34. The van der Waals surface area contributed by atoms with E-state index < -0.39 is 0 Å². The first-order chi connectivity index (χ1) is 17.2. The van der Waals surface area contributed by atoms with Crippen molar-refractivity contribution in [1.82, 2.24) is 0 Å². The summed E-state index contributed by atoms with van der Waals surface area (Å²) in [6.45, 7) is 14.2. The maximum Gasteiger partial charge on any atom is 0.163 e. The Balaban J connectivity index is 0.000000540. The molecule has 3 rings (SSSR count). The highest BCUT2D eigenvalue weighted by Crippen LogP contribution is 2.36. The van der Waals surface area contributed by atoms with Gasteiger partial charge in [0.1, 0.15) is 11.6 Å². The third-order valence-corrected chi connectivity index (χ3v) is 7.81. The van der Waals surface area contributed by atoms with Crippen molar-refractivity contribution >= 4 is 17.3 Å². The third kappa shape index (κ3) is 10.7. The summed E-state index contributed by atoms with van der Waals surface area (Å²) < 4.78 is 0. The third-order valence-electron chi connectivity index (χ3n) is 7.81. The Morgan fingerprint density at radius 3 is 2.11 bits per heavy atom. The van der Waals surface area contributed by atoms with Crippen molar-refractivity contribution < 1.29 is 14.4 Å². The van der Waals surface area contributed by atoms with Crippen LogP contribution in [0.3, 0.4) is 0 Å². The molecule has 3 heteroatoms. The van der Waals surface area contributed by atoms with Crippen LogP contribution >= 0.6 is 0 Å². The van der Waals surface area contributed by atoms with Crippen molar-refractivity contribution in [3.63, 3.8) is 0 Å². The predicted octanol–water partition coefficient (Wildman–Crippen LogP) is 9.12. The lowest BCUT2D eigenvalue weighted by molar-refractivity contribution is -0.129. The number of hydrogen-bond acceptors (Lipinski definition) is 3. The molecule has 0 amide bonds. The molecular formula is C33H54O3. The Labute approximate surface area is 222 Å². The molecule has 0 radical (unpaired) electrons. The van der Waals surface area contributed by atoms with E-state index in [1.54, 1.807) is 0 Å². The van der Waals surface area contributed by atoms with E-state index in [4.69, 9.17) is 0 Å². The summed E-state index contributed by atoms with van der Waals surface area (Å²) >= 11 is 0. The number of fused-ring (bicyclic) bond motifs is 1. The summed E-state index contributed by atoms with van der Waals surface area (Å²) in [6.07, 6.45) is 13.9. The molecule has 1 fully saturated rings. The Hall–Kier alpha value is -1.77. The maximum absolute atomic E-state index is 12.7. The standard InChI is InChI=1S/C23H32O3.C7H14.C3H8/c1-5-8-18(20(6-2)21(25)11-16(4)24)12-17-13-19-10-7-9-15(3)23(19)22(26)14-17;1-2-7-5-3-4-6-7;1-3-2/h7,9-10,17-18,20H,5-6,8,11-14H2,1-4H3;7H,2-6H2,1H3;3H2,1-2H3. The molecular weight excluding hydrogens is 444 g/mol. The largest absolute Gasteiger partial charge is 0.300 e. The first kappa shape index (κ1) is 32.3. The van der Waals surface area contributed by atoms with Crippen molar-refractivity contribution in [1.29, 1.82) is 0 Å². The van der Waals surface area contributed by atoms with Gasteiger partial charge in [0, 0.05) is 17.9 Å². The van der Waals surface area contributed by atoms with E-state index >= 15 is 0 Å². The van der Waals surface area contributed by atoms with Crippen molar-refractivity contribution in [2.75, 3.05) is 0 Å². The van der Waals surface area contributed by atoms with Crippen molar-refractivity contribution in [2.45, 2.75) is 132 Å². The van der Waals surface area contributed by atoms with Crippen LogP contribution < -0.4 is 0 Å². The Morgan fingerprint density at radius 1 is 0.972 bits per heavy atom. The van der Waals surface area contributed by atoms with E-state index in [9.17, 15) is 14.4 Å². The van der Waals surface area contributed by atoms with Crippen LogP contribution in [0, 0.1) is 30.6 Å². The minimum absolute atomic E-state index is 0.0460. The first-order valence-electron chi connectivity index (χ1n) is 14.9. The first-order valence-corrected chi connectivity index (χ1v) is 14.9. The Morgan fingerprint density at radius 2 is 1.61 bits per heavy atom. The zero-order valence-electron chi connectivity index (χ0n) is 24.5. The van der Waals surface area contributed by atoms with Crippen molar-refractivity contribution in [2.24, 2.45) is 23.7 Å². The number of hydrogen-bond donors (Lipinski definition) is 0. The van der Waals surface area contributed by atoms with E-state index in [1.165, 1.54) is 45.4 Å². The fourth-order valence-electron chi connectivity index (χ4n) is 6.11. The minimum atomic E-state index is -0.0622. The van der Waals surface area contributed by atoms with E-state index in [0.717, 1.165) is 54.7 Å². The summed E-state index contributed by atoms with van der Waals surface area (Å²) in [4.78, 5) is 36.6. The molecule has 1 aromatic carbocycles. The number of Topliss-reactive ketones (excluding diaryl/α,β-unsaturated/α-hetero) is 3. The van der Waals surface area contributed by atoms with E-state index in [-0.39, 0.29) is 35.6 Å². The normalized spacial score (nSPS) is 18.8. The highest BCUT2D eigenvalue weighted by molar-refractivity contribution is 6.00. The zero-order valence-corrected chi connectivity index (χ0v) is 24.5. The van der Waals surface area contributed by atoms with E-state index in [0.29, 0.717) is 12.3 Å². The quantitative estimate of drug-likeness (QED) is 0.302. The second-order valence-electron chi connectivity index (χ2n) is 11.2. The van der Waals surface area contributed by atoms with E-state index in [2.05, 4.69) is 33.8 Å². The average molecular weight is 499 g/mol. The van der Waals surface area contributed by atoms with Gasteiger partial charge in [0.15, 0.2) is 5.78 Å². The number of ketones is 3. The van der Waals surface area contributed by atoms with Gasteiger partial charge in [-0.05, 0) is 62.0 Å². The van der Waals surface area contributed by atoms with Gasteiger partial charge in [0.25, 0.3) is 0 Å². The lowest BCUT2D eigenvalue weighted by Gasteiger charge is -2.31. The van der Waals surface area contributed by atoms with Crippen LogP contribution in [0.5, 0.6) is 0 Å². The Bertz CT molecular complexity index is 803. The molecule has 3 atom stereocenters. The Kier molecular flexibility index (Phi) is 15.8. The van der Waals surface area contributed by atoms with Gasteiger partial charge in [-0.2, -0.15) is 0 Å². The van der Waals surface area contributed by atoms with Gasteiger partial charge in [-0.15, -0.1) is 0 Å². The molecule has 1 saturated carbocycles. The van der Waals surface area contributed by atoms with Crippen molar-refractivity contribution in [3.8, 4) is 0 Å². The molecule has 0 aromatic heterocycles. The predicted molar refractivity (Wildman–Crippen MR) is 153 cm³/mol. The van der Waals surface area contributed by atoms with Crippen LogP contribution in [0.25, 0.3) is 0 Å². The van der Waals surface area contributed by atoms with Gasteiger partial charge in [-0.25, -0.2) is 0 Å². The minimum Gasteiger partial charge on any atom is -0.300 e. The molecule has 1 aromatic rings. The smallest absolute Gasteiger partial charge is 0.163 e. The molecule has 2 aliphatic rings. The molecule has 0 bridgehead atoms. The number of rotatable bonds is 10. The molecule has 3 unspecified atom stereocenters. The fraction of sp³-hybridized carbons (Fsp3) is 0.727. The van der Waals surface area contributed by atoms with Crippen LogP contribution in [0.2, 0.25) is 0 Å². The van der Waals surface area contributed by atoms with Crippen molar-refractivity contribution in [3.05, 3.63) is 34.9 Å². The van der Waals surface area contributed by atoms with Gasteiger partial charge < -0.3 is 0 Å². The van der Waals surface area contributed by atoms with Gasteiger partial charge in [-0.1, -0.05) is 104 Å². The highest BCUT2D eigenvalue weighted by Gasteiger charge is 2.32. The summed E-state index contributed by atoms with van der Waals surface area (Å²) in [7, 11) is 0. The number of benzene rings is 1. The van der Waals surface area contributed by atoms with Gasteiger partial charge >= 0.3 is 0 Å². The lowest BCUT2D eigenvalue weighted by Crippen LogP contribution is -2.29. The van der Waals surface area contributed by atoms with Crippen LogP contribution in [0.1, 0.15) is 140 Å². The van der Waals surface area contributed by atoms with E-state index in [1.807, 2.05) is 26.0 Å². The molecule has 0 aliphatic heterocycles. The highest BCUT2D eigenvalue weighted by atomic mass is 16.1. The van der Waals surface area contributed by atoms with Crippen LogP contribution in [-0.4, -0.2) is 17.3 Å². The van der Waals surface area contributed by atoms with Gasteiger partial charge in [-0.3, -0.25) is 14.4 Å². The maximum atomic E-state index is 12.7. The molecule has 0 saturated heterocycles. The molecule has 0 N–H and O–H groups in total. The second kappa shape index (κ2) is 17.6.